The molecular formula is C9H13ClN4O4S. The third kappa shape index (κ3) is 3.75. The highest BCUT2D eigenvalue weighted by molar-refractivity contribution is 7.90. The van der Waals surface area contributed by atoms with Crippen LogP contribution in [0.25, 0.3) is 0 Å². The molecule has 19 heavy (non-hydrogen) atoms. The maximum atomic E-state index is 11.9. The van der Waals surface area contributed by atoms with Crippen LogP contribution >= 0.6 is 11.6 Å². The Bertz CT molecular complexity index is 590. The summed E-state index contributed by atoms with van der Waals surface area (Å²) in [6, 6.07) is 1.99. The number of anilines is 1. The predicted octanol–water partition coefficient (Wildman–Crippen LogP) is 1.64. The first-order chi connectivity index (χ1) is 8.65. The minimum Gasteiger partial charge on any atom is -0.258 e. The first-order valence-electron chi connectivity index (χ1n) is 5.22. The van der Waals surface area contributed by atoms with Crippen molar-refractivity contribution in [3.8, 4) is 0 Å². The molecule has 106 valence electrons. The maximum absolute atomic E-state index is 11.9. The molecule has 0 spiro atoms. The summed E-state index contributed by atoms with van der Waals surface area (Å²) in [5.74, 6) is -0.412. The Hall–Kier alpha value is -1.45. The van der Waals surface area contributed by atoms with Crippen LogP contribution in [-0.4, -0.2) is 35.7 Å². The molecule has 0 amide bonds. The molecular weight excluding hydrogens is 296 g/mol. The monoisotopic (exact) mass is 308 g/mol. The normalized spacial score (nSPS) is 11.9. The fraction of sp³-hybridized carbons (Fsp3) is 0.444. The highest BCUT2D eigenvalue weighted by Crippen LogP contribution is 2.25. The van der Waals surface area contributed by atoms with Crippen LogP contribution in [0, 0.1) is 10.1 Å². The van der Waals surface area contributed by atoms with Crippen molar-refractivity contribution in [1.82, 2.24) is 9.29 Å². The lowest BCUT2D eigenvalue weighted by Crippen LogP contribution is -2.37. The van der Waals surface area contributed by atoms with Crippen molar-refractivity contribution in [3.63, 3.8) is 0 Å². The van der Waals surface area contributed by atoms with Gasteiger partial charge in [0.05, 0.1) is 4.92 Å². The fourth-order valence-electron chi connectivity index (χ4n) is 1.12. The SMILES string of the molecule is CC(C)N(C)S(=O)(=O)Nc1nc(Cl)ccc1[N+](=O)[O-]. The first kappa shape index (κ1) is 15.6. The summed E-state index contributed by atoms with van der Waals surface area (Å²) in [6.07, 6.45) is 0. The van der Waals surface area contributed by atoms with Gasteiger partial charge in [-0.1, -0.05) is 11.6 Å². The average Bonchev–Trinajstić information content (AvgIpc) is 2.26. The van der Waals surface area contributed by atoms with E-state index < -0.39 is 26.6 Å². The Balaban J connectivity index is 3.19. The van der Waals surface area contributed by atoms with E-state index >= 15 is 0 Å². The van der Waals surface area contributed by atoms with E-state index in [1.54, 1.807) is 13.8 Å². The third-order valence-corrected chi connectivity index (χ3v) is 4.21. The number of pyridine rings is 1. The third-order valence-electron chi connectivity index (χ3n) is 2.37. The van der Waals surface area contributed by atoms with Gasteiger partial charge in [0.2, 0.25) is 5.82 Å². The van der Waals surface area contributed by atoms with E-state index in [2.05, 4.69) is 9.71 Å². The van der Waals surface area contributed by atoms with E-state index in [4.69, 9.17) is 11.6 Å². The molecule has 10 heteroatoms. The van der Waals surface area contributed by atoms with Gasteiger partial charge in [0.1, 0.15) is 5.15 Å². The van der Waals surface area contributed by atoms with E-state index in [0.29, 0.717) is 0 Å². The van der Waals surface area contributed by atoms with Gasteiger partial charge < -0.3 is 0 Å². The van der Waals surface area contributed by atoms with Crippen molar-refractivity contribution < 1.29 is 13.3 Å². The number of nitrogens with zero attached hydrogens (tertiary/aromatic N) is 3. The molecule has 0 aliphatic carbocycles. The summed E-state index contributed by atoms with van der Waals surface area (Å²) < 4.78 is 27.0. The Morgan fingerprint density at radius 3 is 2.53 bits per heavy atom. The number of hydrogen-bond donors (Lipinski definition) is 1. The molecule has 0 unspecified atom stereocenters. The van der Waals surface area contributed by atoms with Gasteiger partial charge in [-0.15, -0.1) is 0 Å². The van der Waals surface area contributed by atoms with Crippen LogP contribution in [0.2, 0.25) is 5.15 Å². The van der Waals surface area contributed by atoms with Crippen LogP contribution < -0.4 is 4.72 Å². The van der Waals surface area contributed by atoms with Crippen LogP contribution in [0.4, 0.5) is 11.5 Å². The molecule has 0 bridgehead atoms. The zero-order chi connectivity index (χ0) is 14.8. The molecule has 0 aromatic carbocycles. The van der Waals surface area contributed by atoms with Gasteiger partial charge in [-0.2, -0.15) is 12.7 Å². The second-order valence-corrected chi connectivity index (χ2v) is 6.09. The highest BCUT2D eigenvalue weighted by atomic mass is 35.5. The van der Waals surface area contributed by atoms with E-state index in [1.165, 1.54) is 13.1 Å². The topological polar surface area (TPSA) is 105 Å². The van der Waals surface area contributed by atoms with Crippen molar-refractivity contribution in [2.45, 2.75) is 19.9 Å². The molecule has 0 aliphatic rings. The molecule has 1 heterocycles. The van der Waals surface area contributed by atoms with Gasteiger partial charge in [0, 0.05) is 19.2 Å². The second kappa shape index (κ2) is 5.68. The minimum absolute atomic E-state index is 0.0458. The molecule has 1 rings (SSSR count). The van der Waals surface area contributed by atoms with Crippen molar-refractivity contribution in [3.05, 3.63) is 27.4 Å². The van der Waals surface area contributed by atoms with Crippen LogP contribution in [0.15, 0.2) is 12.1 Å². The lowest BCUT2D eigenvalue weighted by Gasteiger charge is -2.21. The summed E-state index contributed by atoms with van der Waals surface area (Å²) in [4.78, 5) is 13.7. The lowest BCUT2D eigenvalue weighted by atomic mass is 10.4. The molecule has 8 nitrogen and oxygen atoms in total. The second-order valence-electron chi connectivity index (χ2n) is 3.98. The van der Waals surface area contributed by atoms with Crippen LogP contribution in [0.5, 0.6) is 0 Å². The molecule has 1 N–H and O–H groups in total. The van der Waals surface area contributed by atoms with Gasteiger partial charge in [0.25, 0.3) is 0 Å². The number of halogens is 1. The first-order valence-corrected chi connectivity index (χ1v) is 7.03. The number of hydrogen-bond acceptors (Lipinski definition) is 5. The quantitative estimate of drug-likeness (QED) is 0.505. The molecule has 0 fully saturated rings. The number of nitrogens with one attached hydrogen (secondary N) is 1. The summed E-state index contributed by atoms with van der Waals surface area (Å²) in [7, 11) is -2.58. The van der Waals surface area contributed by atoms with Gasteiger partial charge in [0.15, 0.2) is 0 Å². The molecule has 0 atom stereocenters. The largest absolute Gasteiger partial charge is 0.312 e. The van der Waals surface area contributed by atoms with Crippen LogP contribution in [0.3, 0.4) is 0 Å². The van der Waals surface area contributed by atoms with Crippen molar-refractivity contribution >= 4 is 33.3 Å². The van der Waals surface area contributed by atoms with Gasteiger partial charge >= 0.3 is 15.9 Å². The number of rotatable bonds is 5. The summed E-state index contributed by atoms with van der Waals surface area (Å²) in [5.41, 5.74) is -0.467. The van der Waals surface area contributed by atoms with Crippen molar-refractivity contribution in [2.24, 2.45) is 0 Å². The summed E-state index contributed by atoms with van der Waals surface area (Å²) in [6.45, 7) is 3.33. The molecule has 0 radical (unpaired) electrons. The Labute approximate surface area is 115 Å². The summed E-state index contributed by atoms with van der Waals surface area (Å²) in [5, 5.41) is 10.8. The van der Waals surface area contributed by atoms with E-state index in [0.717, 1.165) is 10.4 Å². The zero-order valence-electron chi connectivity index (χ0n) is 10.5. The zero-order valence-corrected chi connectivity index (χ0v) is 12.1. The van der Waals surface area contributed by atoms with Crippen molar-refractivity contribution in [1.29, 1.82) is 0 Å². The molecule has 0 aliphatic heterocycles. The van der Waals surface area contributed by atoms with Gasteiger partial charge in [-0.25, -0.2) is 9.71 Å². The number of aromatic nitrogens is 1. The van der Waals surface area contributed by atoms with Crippen molar-refractivity contribution in [2.75, 3.05) is 11.8 Å². The maximum Gasteiger partial charge on any atom is 0.312 e. The standard InChI is InChI=1S/C9H13ClN4O4S/c1-6(2)13(3)19(17,18)12-9-7(14(15)16)4-5-8(10)11-9/h4-6H,1-3H3,(H,11,12). The fourth-order valence-corrected chi connectivity index (χ4v) is 2.36. The van der Waals surface area contributed by atoms with Crippen LogP contribution in [-0.2, 0) is 10.2 Å². The van der Waals surface area contributed by atoms with Gasteiger partial charge in [-0.3, -0.25) is 10.1 Å². The lowest BCUT2D eigenvalue weighted by molar-refractivity contribution is -0.384. The summed E-state index contributed by atoms with van der Waals surface area (Å²) >= 11 is 5.61. The minimum atomic E-state index is -3.93. The molecule has 0 saturated carbocycles. The Kier molecular flexibility index (Phi) is 4.66. The average molecular weight is 309 g/mol. The highest BCUT2D eigenvalue weighted by Gasteiger charge is 2.25. The Morgan fingerprint density at radius 2 is 2.05 bits per heavy atom. The molecule has 0 saturated heterocycles. The van der Waals surface area contributed by atoms with E-state index in [-0.39, 0.29) is 11.2 Å². The molecule has 1 aromatic rings. The van der Waals surface area contributed by atoms with E-state index in [9.17, 15) is 18.5 Å². The Morgan fingerprint density at radius 1 is 1.47 bits per heavy atom. The van der Waals surface area contributed by atoms with Gasteiger partial charge in [-0.05, 0) is 19.9 Å². The van der Waals surface area contributed by atoms with Crippen LogP contribution in [0.1, 0.15) is 13.8 Å². The number of nitro groups is 1. The molecule has 1 aromatic heterocycles. The predicted molar refractivity (Wildman–Crippen MR) is 71.3 cm³/mol. The smallest absolute Gasteiger partial charge is 0.258 e. The van der Waals surface area contributed by atoms with E-state index in [1.807, 2.05) is 0 Å².